The molecule has 1 fully saturated rings. The van der Waals surface area contributed by atoms with Crippen molar-refractivity contribution >= 4 is 15.9 Å². The highest BCUT2D eigenvalue weighted by Gasteiger charge is 2.35. The van der Waals surface area contributed by atoms with Crippen molar-refractivity contribution in [2.75, 3.05) is 19.8 Å². The average molecular weight is 315 g/mol. The Hall–Kier alpha value is -0.420. The Morgan fingerprint density at radius 2 is 2.28 bits per heavy atom. The lowest BCUT2D eigenvalue weighted by atomic mass is 9.82. The zero-order chi connectivity index (χ0) is 13.2. The standard InChI is InChI=1S/C14H19BrO3/c1-10(8-16)13-11(4-2-5-12(13)15)14(17)6-3-7-18-9-14/h2,4-5,10,16-17H,3,6-9H2,1H3. The van der Waals surface area contributed by atoms with E-state index in [1.807, 2.05) is 25.1 Å². The second-order valence-corrected chi connectivity index (χ2v) is 5.83. The third kappa shape index (κ3) is 2.62. The first-order valence-corrected chi connectivity index (χ1v) is 7.07. The highest BCUT2D eigenvalue weighted by atomic mass is 79.9. The minimum Gasteiger partial charge on any atom is -0.396 e. The maximum Gasteiger partial charge on any atom is 0.113 e. The summed E-state index contributed by atoms with van der Waals surface area (Å²) in [5.41, 5.74) is 0.923. The van der Waals surface area contributed by atoms with Crippen LogP contribution in [-0.2, 0) is 10.3 Å². The molecule has 1 aliphatic heterocycles. The number of aliphatic hydroxyl groups is 2. The van der Waals surface area contributed by atoms with Gasteiger partial charge in [0.25, 0.3) is 0 Å². The Labute approximate surface area is 116 Å². The van der Waals surface area contributed by atoms with Crippen LogP contribution in [0.4, 0.5) is 0 Å². The van der Waals surface area contributed by atoms with Gasteiger partial charge >= 0.3 is 0 Å². The third-order valence-corrected chi connectivity index (χ3v) is 4.23. The van der Waals surface area contributed by atoms with Crippen LogP contribution in [0, 0.1) is 0 Å². The summed E-state index contributed by atoms with van der Waals surface area (Å²) in [6.45, 7) is 3.05. The molecule has 2 N–H and O–H groups in total. The molecule has 2 unspecified atom stereocenters. The first-order chi connectivity index (χ1) is 8.58. The molecule has 1 aromatic carbocycles. The molecule has 0 bridgehead atoms. The SMILES string of the molecule is CC(CO)c1c(Br)cccc1C1(O)CCCOC1. The van der Waals surface area contributed by atoms with Crippen LogP contribution in [0.3, 0.4) is 0 Å². The molecule has 0 amide bonds. The van der Waals surface area contributed by atoms with Gasteiger partial charge in [-0.3, -0.25) is 0 Å². The minimum atomic E-state index is -0.930. The molecule has 0 aromatic heterocycles. The summed E-state index contributed by atoms with van der Waals surface area (Å²) >= 11 is 3.52. The summed E-state index contributed by atoms with van der Waals surface area (Å²) in [6, 6.07) is 5.79. The Morgan fingerprint density at radius 1 is 1.50 bits per heavy atom. The van der Waals surface area contributed by atoms with Crippen molar-refractivity contribution in [3.8, 4) is 0 Å². The molecule has 0 saturated carbocycles. The van der Waals surface area contributed by atoms with E-state index in [9.17, 15) is 10.2 Å². The fraction of sp³-hybridized carbons (Fsp3) is 0.571. The number of hydrogen-bond donors (Lipinski definition) is 2. The predicted molar refractivity (Wildman–Crippen MR) is 73.6 cm³/mol. The van der Waals surface area contributed by atoms with Gasteiger partial charge in [-0.1, -0.05) is 35.0 Å². The first kappa shape index (κ1) is 14.0. The van der Waals surface area contributed by atoms with Gasteiger partial charge in [-0.25, -0.2) is 0 Å². The fourth-order valence-electron chi connectivity index (χ4n) is 2.53. The van der Waals surface area contributed by atoms with Crippen LogP contribution in [0.2, 0.25) is 0 Å². The number of hydrogen-bond acceptors (Lipinski definition) is 3. The normalized spacial score (nSPS) is 26.0. The van der Waals surface area contributed by atoms with E-state index in [1.165, 1.54) is 0 Å². The number of aliphatic hydroxyl groups excluding tert-OH is 1. The molecule has 1 saturated heterocycles. The van der Waals surface area contributed by atoms with E-state index in [-0.39, 0.29) is 12.5 Å². The van der Waals surface area contributed by atoms with E-state index in [4.69, 9.17) is 4.74 Å². The van der Waals surface area contributed by atoms with E-state index >= 15 is 0 Å². The second kappa shape index (κ2) is 5.70. The molecular formula is C14H19BrO3. The zero-order valence-corrected chi connectivity index (χ0v) is 12.1. The highest BCUT2D eigenvalue weighted by molar-refractivity contribution is 9.10. The van der Waals surface area contributed by atoms with Crippen LogP contribution in [-0.4, -0.2) is 30.0 Å². The van der Waals surface area contributed by atoms with Gasteiger partial charge in [0.05, 0.1) is 6.61 Å². The van der Waals surface area contributed by atoms with E-state index in [0.717, 1.165) is 22.0 Å². The van der Waals surface area contributed by atoms with E-state index in [0.29, 0.717) is 19.6 Å². The predicted octanol–water partition coefficient (Wildman–Crippen LogP) is 2.54. The van der Waals surface area contributed by atoms with Gasteiger partial charge in [0.2, 0.25) is 0 Å². The van der Waals surface area contributed by atoms with Crippen LogP contribution in [0.15, 0.2) is 22.7 Å². The van der Waals surface area contributed by atoms with Crippen molar-refractivity contribution in [1.29, 1.82) is 0 Å². The molecule has 2 atom stereocenters. The van der Waals surface area contributed by atoms with Gasteiger partial charge in [0.1, 0.15) is 5.60 Å². The molecule has 1 aromatic rings. The summed E-state index contributed by atoms with van der Waals surface area (Å²) in [6.07, 6.45) is 1.56. The van der Waals surface area contributed by atoms with Crippen molar-refractivity contribution < 1.29 is 14.9 Å². The Morgan fingerprint density at radius 3 is 2.89 bits per heavy atom. The quantitative estimate of drug-likeness (QED) is 0.901. The number of rotatable bonds is 3. The smallest absolute Gasteiger partial charge is 0.113 e. The van der Waals surface area contributed by atoms with Crippen LogP contribution in [0.1, 0.15) is 36.8 Å². The molecule has 1 aliphatic rings. The van der Waals surface area contributed by atoms with Crippen molar-refractivity contribution in [2.24, 2.45) is 0 Å². The molecule has 4 heteroatoms. The van der Waals surface area contributed by atoms with Crippen molar-refractivity contribution in [2.45, 2.75) is 31.3 Å². The van der Waals surface area contributed by atoms with Gasteiger partial charge in [-0.05, 0) is 30.0 Å². The number of benzene rings is 1. The number of ether oxygens (including phenoxy) is 1. The second-order valence-electron chi connectivity index (χ2n) is 4.97. The summed E-state index contributed by atoms with van der Waals surface area (Å²) in [4.78, 5) is 0. The molecule has 2 rings (SSSR count). The van der Waals surface area contributed by atoms with Crippen LogP contribution in [0.5, 0.6) is 0 Å². The van der Waals surface area contributed by atoms with Gasteiger partial charge in [0.15, 0.2) is 0 Å². The van der Waals surface area contributed by atoms with E-state index < -0.39 is 5.60 Å². The fourth-order valence-corrected chi connectivity index (χ4v) is 3.28. The highest BCUT2D eigenvalue weighted by Crippen LogP contribution is 2.38. The topological polar surface area (TPSA) is 49.7 Å². The van der Waals surface area contributed by atoms with E-state index in [2.05, 4.69) is 15.9 Å². The Kier molecular flexibility index (Phi) is 4.43. The molecule has 0 radical (unpaired) electrons. The Balaban J connectivity index is 2.46. The Bertz CT molecular complexity index is 414. The summed E-state index contributed by atoms with van der Waals surface area (Å²) in [7, 11) is 0. The lowest BCUT2D eigenvalue weighted by molar-refractivity contribution is -0.0909. The molecule has 18 heavy (non-hydrogen) atoms. The number of halogens is 1. The average Bonchev–Trinajstić information content (AvgIpc) is 2.38. The van der Waals surface area contributed by atoms with Crippen molar-refractivity contribution in [3.63, 3.8) is 0 Å². The van der Waals surface area contributed by atoms with Crippen LogP contribution >= 0.6 is 15.9 Å². The largest absolute Gasteiger partial charge is 0.396 e. The summed E-state index contributed by atoms with van der Waals surface area (Å²) in [5, 5.41) is 20.2. The van der Waals surface area contributed by atoms with Crippen LogP contribution in [0.25, 0.3) is 0 Å². The first-order valence-electron chi connectivity index (χ1n) is 6.28. The van der Waals surface area contributed by atoms with Crippen LogP contribution < -0.4 is 0 Å². The summed E-state index contributed by atoms with van der Waals surface area (Å²) in [5.74, 6) is -0.0125. The van der Waals surface area contributed by atoms with Gasteiger partial charge in [-0.2, -0.15) is 0 Å². The van der Waals surface area contributed by atoms with Gasteiger partial charge in [-0.15, -0.1) is 0 Å². The maximum absolute atomic E-state index is 10.8. The molecule has 3 nitrogen and oxygen atoms in total. The van der Waals surface area contributed by atoms with Gasteiger partial charge in [0, 0.05) is 23.6 Å². The minimum absolute atomic E-state index is 0.0125. The zero-order valence-electron chi connectivity index (χ0n) is 10.5. The maximum atomic E-state index is 10.8. The van der Waals surface area contributed by atoms with Crippen molar-refractivity contribution in [3.05, 3.63) is 33.8 Å². The molecule has 100 valence electrons. The summed E-state index contributed by atoms with van der Waals surface area (Å²) < 4.78 is 6.35. The lowest BCUT2D eigenvalue weighted by Gasteiger charge is -2.35. The molecule has 0 spiro atoms. The van der Waals surface area contributed by atoms with Gasteiger partial charge < -0.3 is 14.9 Å². The lowest BCUT2D eigenvalue weighted by Crippen LogP contribution is -2.37. The monoisotopic (exact) mass is 314 g/mol. The molecule has 0 aliphatic carbocycles. The molecule has 1 heterocycles. The molecular weight excluding hydrogens is 296 g/mol. The van der Waals surface area contributed by atoms with Crippen molar-refractivity contribution in [1.82, 2.24) is 0 Å². The van der Waals surface area contributed by atoms with E-state index in [1.54, 1.807) is 0 Å². The third-order valence-electron chi connectivity index (χ3n) is 3.54.